The van der Waals surface area contributed by atoms with Gasteiger partial charge >= 0.3 is 0 Å². The third-order valence-corrected chi connectivity index (χ3v) is 6.96. The molecule has 0 fully saturated rings. The minimum absolute atomic E-state index is 0.00656. The van der Waals surface area contributed by atoms with E-state index in [2.05, 4.69) is 26.1 Å². The molecule has 0 aliphatic heterocycles. The predicted octanol–water partition coefficient (Wildman–Crippen LogP) is 4.76. The molecule has 27 heavy (non-hydrogen) atoms. The van der Waals surface area contributed by atoms with Gasteiger partial charge in [-0.05, 0) is 49.0 Å². The largest absolute Gasteiger partial charge is 0.394 e. The number of hydrogen-bond acceptors (Lipinski definition) is 7. The van der Waals surface area contributed by atoms with Gasteiger partial charge in [0.1, 0.15) is 10.6 Å². The van der Waals surface area contributed by atoms with Crippen LogP contribution in [-0.2, 0) is 12.8 Å². The van der Waals surface area contributed by atoms with E-state index in [-0.39, 0.29) is 12.6 Å². The van der Waals surface area contributed by atoms with Crippen LogP contribution in [0.15, 0.2) is 5.16 Å². The number of nitrogens with zero attached hydrogens (tertiary/aromatic N) is 3. The maximum atomic E-state index is 9.63. The van der Waals surface area contributed by atoms with E-state index in [0.29, 0.717) is 5.92 Å². The van der Waals surface area contributed by atoms with Gasteiger partial charge in [-0.3, -0.25) is 0 Å². The van der Waals surface area contributed by atoms with Gasteiger partial charge in [-0.2, -0.15) is 0 Å². The number of fused-ring (bicyclic) bond motifs is 5. The van der Waals surface area contributed by atoms with Crippen molar-refractivity contribution in [3.8, 4) is 0 Å². The molecule has 3 heterocycles. The van der Waals surface area contributed by atoms with Crippen LogP contribution in [0.4, 0.5) is 5.82 Å². The number of hydrogen-bond donors (Lipinski definition) is 2. The lowest BCUT2D eigenvalue weighted by Gasteiger charge is -2.15. The van der Waals surface area contributed by atoms with E-state index < -0.39 is 0 Å². The van der Waals surface area contributed by atoms with Crippen molar-refractivity contribution in [3.63, 3.8) is 0 Å². The van der Waals surface area contributed by atoms with E-state index in [9.17, 15) is 5.11 Å². The van der Waals surface area contributed by atoms with Gasteiger partial charge in [0, 0.05) is 11.1 Å². The van der Waals surface area contributed by atoms with Crippen LogP contribution in [0.1, 0.15) is 56.4 Å². The lowest BCUT2D eigenvalue weighted by Crippen LogP contribution is -2.23. The molecule has 0 saturated heterocycles. The Bertz CT molecular complexity index is 995. The van der Waals surface area contributed by atoms with E-state index in [1.165, 1.54) is 28.6 Å². The normalized spacial score (nSPS) is 15.0. The first-order valence-electron chi connectivity index (χ1n) is 9.64. The molecule has 4 rings (SSSR count). The average molecular weight is 403 g/mol. The molecule has 3 aromatic rings. The molecule has 0 aromatic carbocycles. The van der Waals surface area contributed by atoms with Crippen LogP contribution in [0, 0.1) is 0 Å². The summed E-state index contributed by atoms with van der Waals surface area (Å²) in [6.07, 6.45) is 6.27. The SMILES string of the molecule is CCC(CO)Nc1nc(SC)nc2c1sc1nc(C(C)C)c3c(c12)CCC3. The van der Waals surface area contributed by atoms with Crippen molar-refractivity contribution in [2.24, 2.45) is 0 Å². The number of aromatic nitrogens is 3. The van der Waals surface area contributed by atoms with Gasteiger partial charge in [0.15, 0.2) is 5.16 Å². The van der Waals surface area contributed by atoms with Gasteiger partial charge in [0.25, 0.3) is 0 Å². The molecule has 1 unspecified atom stereocenters. The van der Waals surface area contributed by atoms with Crippen LogP contribution < -0.4 is 5.32 Å². The molecule has 7 heteroatoms. The molecule has 1 aliphatic carbocycles. The minimum atomic E-state index is -0.00656. The van der Waals surface area contributed by atoms with Crippen LogP contribution in [0.2, 0.25) is 0 Å². The second-order valence-electron chi connectivity index (χ2n) is 7.41. The Balaban J connectivity index is 2.01. The molecule has 0 bridgehead atoms. The third kappa shape index (κ3) is 3.19. The van der Waals surface area contributed by atoms with Gasteiger partial charge < -0.3 is 10.4 Å². The third-order valence-electron chi connectivity index (χ3n) is 5.33. The fraction of sp³-hybridized carbons (Fsp3) is 0.550. The Morgan fingerprint density at radius 2 is 1.96 bits per heavy atom. The lowest BCUT2D eigenvalue weighted by atomic mass is 9.99. The summed E-state index contributed by atoms with van der Waals surface area (Å²) in [5.74, 6) is 1.25. The number of thioether (sulfide) groups is 1. The van der Waals surface area contributed by atoms with E-state index in [0.717, 1.165) is 45.3 Å². The van der Waals surface area contributed by atoms with Crippen LogP contribution in [0.25, 0.3) is 20.4 Å². The second-order valence-corrected chi connectivity index (χ2v) is 9.19. The summed E-state index contributed by atoms with van der Waals surface area (Å²) < 4.78 is 1.05. The van der Waals surface area contributed by atoms with Crippen LogP contribution in [-0.4, -0.2) is 39.0 Å². The lowest BCUT2D eigenvalue weighted by molar-refractivity contribution is 0.271. The summed E-state index contributed by atoms with van der Waals surface area (Å²) in [6, 6.07) is -0.00656. The van der Waals surface area contributed by atoms with Crippen molar-refractivity contribution in [3.05, 3.63) is 16.8 Å². The summed E-state index contributed by atoms with van der Waals surface area (Å²) >= 11 is 3.23. The van der Waals surface area contributed by atoms with Gasteiger partial charge in [-0.25, -0.2) is 15.0 Å². The molecule has 0 saturated carbocycles. The second kappa shape index (κ2) is 7.53. The van der Waals surface area contributed by atoms with Crippen molar-refractivity contribution in [1.29, 1.82) is 0 Å². The highest BCUT2D eigenvalue weighted by atomic mass is 32.2. The zero-order valence-electron chi connectivity index (χ0n) is 16.3. The molecule has 0 amide bonds. The Hall–Kier alpha value is -1.44. The molecule has 0 radical (unpaired) electrons. The summed E-state index contributed by atoms with van der Waals surface area (Å²) in [4.78, 5) is 15.7. The Morgan fingerprint density at radius 3 is 2.63 bits per heavy atom. The molecule has 5 nitrogen and oxygen atoms in total. The maximum absolute atomic E-state index is 9.63. The monoisotopic (exact) mass is 402 g/mol. The summed E-state index contributed by atoms with van der Waals surface area (Å²) in [7, 11) is 0. The van der Waals surface area contributed by atoms with Crippen molar-refractivity contribution >= 4 is 49.3 Å². The van der Waals surface area contributed by atoms with E-state index in [1.807, 2.05) is 6.26 Å². The molecule has 0 spiro atoms. The number of thiophene rings is 1. The number of nitrogens with one attached hydrogen (secondary N) is 1. The van der Waals surface area contributed by atoms with Crippen molar-refractivity contribution < 1.29 is 5.11 Å². The van der Waals surface area contributed by atoms with E-state index in [4.69, 9.17) is 15.0 Å². The zero-order valence-corrected chi connectivity index (χ0v) is 17.9. The van der Waals surface area contributed by atoms with Crippen LogP contribution in [0.5, 0.6) is 0 Å². The Labute approximate surface area is 168 Å². The highest BCUT2D eigenvalue weighted by Crippen LogP contribution is 2.43. The molecular formula is C20H26N4OS2. The summed E-state index contributed by atoms with van der Waals surface area (Å²) in [6.45, 7) is 6.61. The zero-order chi connectivity index (χ0) is 19.1. The molecule has 3 aromatic heterocycles. The maximum Gasteiger partial charge on any atom is 0.189 e. The first-order valence-corrected chi connectivity index (χ1v) is 11.7. The topological polar surface area (TPSA) is 70.9 Å². The smallest absolute Gasteiger partial charge is 0.189 e. The quantitative estimate of drug-likeness (QED) is 0.458. The minimum Gasteiger partial charge on any atom is -0.394 e. The van der Waals surface area contributed by atoms with Crippen molar-refractivity contribution in [2.45, 2.75) is 63.6 Å². The summed E-state index contributed by atoms with van der Waals surface area (Å²) in [5.41, 5.74) is 5.15. The molecule has 1 atom stereocenters. The van der Waals surface area contributed by atoms with Gasteiger partial charge in [-0.1, -0.05) is 32.5 Å². The Morgan fingerprint density at radius 1 is 1.19 bits per heavy atom. The number of aliphatic hydroxyl groups is 1. The van der Waals surface area contributed by atoms with Crippen LogP contribution in [0.3, 0.4) is 0 Å². The first kappa shape index (κ1) is 18.9. The summed E-state index contributed by atoms with van der Waals surface area (Å²) in [5, 5.41) is 15.0. The molecule has 1 aliphatic rings. The molecular weight excluding hydrogens is 376 g/mol. The average Bonchev–Trinajstić information content (AvgIpc) is 3.28. The highest BCUT2D eigenvalue weighted by molar-refractivity contribution is 7.98. The van der Waals surface area contributed by atoms with E-state index in [1.54, 1.807) is 23.1 Å². The molecule has 144 valence electrons. The number of aryl methyl sites for hydroxylation is 1. The standard InChI is InChI=1S/C20H26N4OS2/c1-5-11(9-25)21-18-17-16(23-20(24-18)26-4)14-12-7-6-8-13(12)15(10(2)3)22-19(14)27-17/h10-11,25H,5-9H2,1-4H3,(H,21,23,24). The van der Waals surface area contributed by atoms with Crippen molar-refractivity contribution in [2.75, 3.05) is 18.2 Å². The fourth-order valence-electron chi connectivity index (χ4n) is 3.91. The van der Waals surface area contributed by atoms with Crippen molar-refractivity contribution in [1.82, 2.24) is 15.0 Å². The number of aliphatic hydroxyl groups excluding tert-OH is 1. The Kier molecular flexibility index (Phi) is 5.27. The highest BCUT2D eigenvalue weighted by Gasteiger charge is 2.26. The van der Waals surface area contributed by atoms with Crippen LogP contribution >= 0.6 is 23.1 Å². The van der Waals surface area contributed by atoms with E-state index >= 15 is 0 Å². The fourth-order valence-corrected chi connectivity index (χ4v) is 5.38. The number of pyridine rings is 1. The van der Waals surface area contributed by atoms with Gasteiger partial charge in [0.05, 0.1) is 22.9 Å². The number of anilines is 1. The predicted molar refractivity (Wildman–Crippen MR) is 115 cm³/mol. The first-order chi connectivity index (χ1) is 13.1. The molecule has 2 N–H and O–H groups in total. The van der Waals surface area contributed by atoms with Gasteiger partial charge in [-0.15, -0.1) is 11.3 Å². The number of rotatable bonds is 6. The van der Waals surface area contributed by atoms with Gasteiger partial charge in [0.2, 0.25) is 0 Å².